The summed E-state index contributed by atoms with van der Waals surface area (Å²) in [4.78, 5) is 37.9. The van der Waals surface area contributed by atoms with Gasteiger partial charge in [-0.2, -0.15) is 11.3 Å². The maximum absolute atomic E-state index is 12.8. The first-order chi connectivity index (χ1) is 11.7. The number of hydrogen-bond donors (Lipinski definition) is 1. The van der Waals surface area contributed by atoms with E-state index in [4.69, 9.17) is 9.47 Å². The number of Topliss-reactive ketones (excluding diaryl/α,β-unsaturated/α-hetero) is 1. The highest BCUT2D eigenvalue weighted by atomic mass is 32.1. The maximum atomic E-state index is 12.8. The summed E-state index contributed by atoms with van der Waals surface area (Å²) in [7, 11) is 1.27. The van der Waals surface area contributed by atoms with E-state index in [9.17, 15) is 14.4 Å². The molecule has 1 N–H and O–H groups in total. The van der Waals surface area contributed by atoms with Gasteiger partial charge in [0.05, 0.1) is 13.2 Å². The topological polar surface area (TPSA) is 81.7 Å². The van der Waals surface area contributed by atoms with E-state index in [0.29, 0.717) is 18.4 Å². The van der Waals surface area contributed by atoms with E-state index in [1.807, 2.05) is 10.8 Å². The van der Waals surface area contributed by atoms with Crippen LogP contribution in [-0.2, 0) is 19.1 Å². The van der Waals surface area contributed by atoms with E-state index in [1.165, 1.54) is 18.4 Å². The number of hydrogen-bond acceptors (Lipinski definition) is 6. The Labute approximate surface area is 151 Å². The van der Waals surface area contributed by atoms with Crippen LogP contribution in [0.1, 0.15) is 58.1 Å². The Balaban J connectivity index is 2.43. The zero-order valence-corrected chi connectivity index (χ0v) is 15.9. The van der Waals surface area contributed by atoms with Crippen LogP contribution in [0, 0.1) is 5.41 Å². The molecule has 1 saturated carbocycles. The Bertz CT molecular complexity index is 624. The minimum atomic E-state index is -1.41. The third-order valence-corrected chi connectivity index (χ3v) is 5.00. The van der Waals surface area contributed by atoms with Crippen molar-refractivity contribution >= 4 is 29.2 Å². The molecule has 2 atom stereocenters. The Morgan fingerprint density at radius 1 is 1.32 bits per heavy atom. The van der Waals surface area contributed by atoms with E-state index >= 15 is 0 Å². The highest BCUT2D eigenvalue weighted by Gasteiger charge is 2.55. The van der Waals surface area contributed by atoms with Crippen LogP contribution in [0.25, 0.3) is 0 Å². The normalized spacial score (nSPS) is 22.2. The van der Waals surface area contributed by atoms with Crippen LogP contribution in [0.4, 0.5) is 4.79 Å². The van der Waals surface area contributed by atoms with Crippen molar-refractivity contribution in [2.24, 2.45) is 5.41 Å². The SMILES string of the molecule is COC(=O)[C@]1([C@H](NC(=O)OC(C)(C)C)c2ccsc2)CCCCC1=O. The second kappa shape index (κ2) is 7.56. The quantitative estimate of drug-likeness (QED) is 0.649. The standard InChI is InChI=1S/C18H25NO5S/c1-17(2,3)24-16(22)19-14(12-8-10-25-11-12)18(15(21)23-4)9-6-5-7-13(18)20/h8,10-11,14H,5-7,9H2,1-4H3,(H,19,22)/t14-,18-/m1/s1. The molecular weight excluding hydrogens is 342 g/mol. The lowest BCUT2D eigenvalue weighted by Crippen LogP contribution is -2.53. The monoisotopic (exact) mass is 367 g/mol. The predicted molar refractivity (Wildman–Crippen MR) is 94.4 cm³/mol. The molecule has 1 fully saturated rings. The number of nitrogens with one attached hydrogen (secondary N) is 1. The molecule has 138 valence electrons. The van der Waals surface area contributed by atoms with E-state index in [-0.39, 0.29) is 5.78 Å². The molecule has 0 bridgehead atoms. The molecule has 6 nitrogen and oxygen atoms in total. The Morgan fingerprint density at radius 2 is 2.04 bits per heavy atom. The van der Waals surface area contributed by atoms with Crippen molar-refractivity contribution in [1.29, 1.82) is 0 Å². The summed E-state index contributed by atoms with van der Waals surface area (Å²) in [6.07, 6.45) is 1.43. The van der Waals surface area contributed by atoms with Gasteiger partial charge in [-0.15, -0.1) is 0 Å². The zero-order valence-electron chi connectivity index (χ0n) is 15.1. The first-order valence-electron chi connectivity index (χ1n) is 8.34. The van der Waals surface area contributed by atoms with Gasteiger partial charge in [0.15, 0.2) is 11.2 Å². The van der Waals surface area contributed by atoms with Gasteiger partial charge >= 0.3 is 12.1 Å². The molecule has 1 amide bonds. The summed E-state index contributed by atoms with van der Waals surface area (Å²) in [5.74, 6) is -0.803. The van der Waals surface area contributed by atoms with Crippen LogP contribution in [-0.4, -0.2) is 30.6 Å². The van der Waals surface area contributed by atoms with Gasteiger partial charge in [-0.1, -0.05) is 6.42 Å². The van der Waals surface area contributed by atoms with E-state index in [2.05, 4.69) is 5.32 Å². The van der Waals surface area contributed by atoms with Gasteiger partial charge in [0.2, 0.25) is 0 Å². The maximum Gasteiger partial charge on any atom is 0.408 e. The molecule has 7 heteroatoms. The van der Waals surface area contributed by atoms with Crippen molar-refractivity contribution in [3.63, 3.8) is 0 Å². The second-order valence-electron chi connectivity index (χ2n) is 7.23. The lowest BCUT2D eigenvalue weighted by atomic mass is 9.66. The fourth-order valence-electron chi connectivity index (χ4n) is 3.23. The molecule has 1 aliphatic rings. The van der Waals surface area contributed by atoms with Crippen LogP contribution in [0.15, 0.2) is 16.8 Å². The van der Waals surface area contributed by atoms with Gasteiger partial charge in [0.25, 0.3) is 0 Å². The fraction of sp³-hybridized carbons (Fsp3) is 0.611. The van der Waals surface area contributed by atoms with Crippen LogP contribution in [0.2, 0.25) is 0 Å². The van der Waals surface area contributed by atoms with Crippen LogP contribution < -0.4 is 5.32 Å². The average molecular weight is 367 g/mol. The highest BCUT2D eigenvalue weighted by Crippen LogP contribution is 2.45. The van der Waals surface area contributed by atoms with Gasteiger partial charge in [-0.05, 0) is 56.0 Å². The number of alkyl carbamates (subject to hydrolysis) is 1. The predicted octanol–water partition coefficient (Wildman–Crippen LogP) is 3.62. The second-order valence-corrected chi connectivity index (χ2v) is 8.01. The van der Waals surface area contributed by atoms with Crippen molar-refractivity contribution in [2.45, 2.75) is 58.1 Å². The minimum absolute atomic E-state index is 0.196. The number of esters is 1. The molecule has 0 radical (unpaired) electrons. The van der Waals surface area contributed by atoms with Crippen molar-refractivity contribution in [3.05, 3.63) is 22.4 Å². The molecule has 2 rings (SSSR count). The number of thiophene rings is 1. The number of carbonyl (C=O) groups is 3. The van der Waals surface area contributed by atoms with Crippen molar-refractivity contribution < 1.29 is 23.9 Å². The molecule has 0 aromatic carbocycles. The van der Waals surface area contributed by atoms with Gasteiger partial charge in [-0.25, -0.2) is 4.79 Å². The molecular formula is C18H25NO5S. The first-order valence-corrected chi connectivity index (χ1v) is 9.28. The van der Waals surface area contributed by atoms with Gasteiger partial charge < -0.3 is 14.8 Å². The first kappa shape index (κ1) is 19.4. The molecule has 1 aromatic heterocycles. The Kier molecular flexibility index (Phi) is 5.87. The third kappa shape index (κ3) is 4.21. The molecule has 25 heavy (non-hydrogen) atoms. The molecule has 0 unspecified atom stereocenters. The zero-order chi connectivity index (χ0) is 18.7. The Hall–Kier alpha value is -1.89. The summed E-state index contributed by atoms with van der Waals surface area (Å²) in [6.45, 7) is 5.27. The number of ketones is 1. The minimum Gasteiger partial charge on any atom is -0.468 e. The van der Waals surface area contributed by atoms with Crippen molar-refractivity contribution in [1.82, 2.24) is 5.32 Å². The number of methoxy groups -OCH3 is 1. The smallest absolute Gasteiger partial charge is 0.408 e. The van der Waals surface area contributed by atoms with Gasteiger partial charge in [-0.3, -0.25) is 9.59 Å². The van der Waals surface area contributed by atoms with Crippen LogP contribution in [0.5, 0.6) is 0 Å². The number of carbonyl (C=O) groups excluding carboxylic acids is 3. The van der Waals surface area contributed by atoms with Crippen molar-refractivity contribution in [3.8, 4) is 0 Å². The largest absolute Gasteiger partial charge is 0.468 e. The molecule has 0 aliphatic heterocycles. The Morgan fingerprint density at radius 3 is 2.56 bits per heavy atom. The van der Waals surface area contributed by atoms with E-state index in [1.54, 1.807) is 26.8 Å². The summed E-state index contributed by atoms with van der Waals surface area (Å²) in [6, 6.07) is 0.994. The summed E-state index contributed by atoms with van der Waals surface area (Å²) in [5, 5.41) is 6.43. The molecule has 1 heterocycles. The summed E-state index contributed by atoms with van der Waals surface area (Å²) in [5.41, 5.74) is -1.39. The molecule has 0 spiro atoms. The van der Waals surface area contributed by atoms with Gasteiger partial charge in [0, 0.05) is 6.42 Å². The highest BCUT2D eigenvalue weighted by molar-refractivity contribution is 7.08. The average Bonchev–Trinajstić information content (AvgIpc) is 3.05. The van der Waals surface area contributed by atoms with Gasteiger partial charge in [0.1, 0.15) is 5.60 Å². The summed E-state index contributed by atoms with van der Waals surface area (Å²) < 4.78 is 10.3. The lowest BCUT2D eigenvalue weighted by Gasteiger charge is -2.39. The number of amides is 1. The number of rotatable bonds is 4. The van der Waals surface area contributed by atoms with Crippen LogP contribution in [0.3, 0.4) is 0 Å². The summed E-state index contributed by atoms with van der Waals surface area (Å²) >= 11 is 1.44. The van der Waals surface area contributed by atoms with E-state index < -0.39 is 29.1 Å². The van der Waals surface area contributed by atoms with E-state index in [0.717, 1.165) is 12.8 Å². The third-order valence-electron chi connectivity index (χ3n) is 4.30. The fourth-order valence-corrected chi connectivity index (χ4v) is 3.91. The molecule has 1 aliphatic carbocycles. The van der Waals surface area contributed by atoms with Crippen LogP contribution >= 0.6 is 11.3 Å². The molecule has 0 saturated heterocycles. The van der Waals surface area contributed by atoms with Crippen molar-refractivity contribution in [2.75, 3.05) is 7.11 Å². The molecule has 1 aromatic rings. The lowest BCUT2D eigenvalue weighted by molar-refractivity contribution is -0.162. The number of ether oxygens (including phenoxy) is 2.